The lowest BCUT2D eigenvalue weighted by atomic mass is 9.92. The van der Waals surface area contributed by atoms with Crippen LogP contribution in [-0.2, 0) is 101 Å². The maximum absolute atomic E-state index is 13.6. The van der Waals surface area contributed by atoms with Gasteiger partial charge in [-0.1, -0.05) is 170 Å². The molecule has 4 aromatic heterocycles. The van der Waals surface area contributed by atoms with E-state index in [2.05, 4.69) is 45.4 Å². The first kappa shape index (κ1) is 131. The second-order valence-electron chi connectivity index (χ2n) is 37.5. The summed E-state index contributed by atoms with van der Waals surface area (Å²) in [4.78, 5) is 163. The van der Waals surface area contributed by atoms with Gasteiger partial charge in [-0.2, -0.15) is 0 Å². The maximum Gasteiger partial charge on any atom is 0.697 e. The van der Waals surface area contributed by atoms with E-state index in [4.69, 9.17) is 51.2 Å². The van der Waals surface area contributed by atoms with E-state index >= 15 is 0 Å². The number of H-pyrrole nitrogens is 5. The van der Waals surface area contributed by atoms with Crippen LogP contribution in [0.3, 0.4) is 0 Å². The molecule has 49 nitrogen and oxygen atoms in total. The molecule has 0 spiro atoms. The fourth-order valence-corrected chi connectivity index (χ4v) is 20.5. The van der Waals surface area contributed by atoms with Crippen molar-refractivity contribution < 1.29 is 149 Å². The van der Waals surface area contributed by atoms with Crippen molar-refractivity contribution in [1.29, 1.82) is 0 Å². The van der Waals surface area contributed by atoms with E-state index in [1.54, 1.807) is 43.0 Å². The summed E-state index contributed by atoms with van der Waals surface area (Å²) < 4.78 is 111. The molecule has 4 aliphatic heterocycles. The van der Waals surface area contributed by atoms with Gasteiger partial charge in [-0.05, 0) is 97.3 Å². The van der Waals surface area contributed by atoms with E-state index in [0.29, 0.717) is 24.3 Å². The number of benzene rings is 2. The number of nitrogens with one attached hydrogen (secondary N) is 8. The molecule has 6 aromatic rings. The summed E-state index contributed by atoms with van der Waals surface area (Å²) >= 11 is 4.22. The number of ether oxygens (including phenoxy) is 4. The predicted octanol–water partition coefficient (Wildman–Crippen LogP) is 3.12. The lowest BCUT2D eigenvalue weighted by molar-refractivity contribution is -0.894. The number of aromatic nitrogens is 8. The second kappa shape index (κ2) is 60.1. The monoisotopic (exact) mass is 2250 g/mol. The lowest BCUT2D eigenvalue weighted by Crippen LogP contribution is -3.11. The van der Waals surface area contributed by atoms with E-state index in [9.17, 15) is 127 Å². The van der Waals surface area contributed by atoms with E-state index in [0.717, 1.165) is 121 Å². The SMILES string of the molecule is CC(C)(CO)C(=O)SCCOP(=O)(NCc1ccccc1)OC[C@H]1O[C@@H](n2ccc(=O)[nH]c2=O)[C@@H](O)C1(C)O.CC1(O)[C@H](O)[C@H](c2cc(=O)[nH]c(=O)[nH]2)O[C@@H]1CO.CCC(C)(C)C(=O)SCCOP(=O)(NCc1ccccc1)OC[C@H]1O[C@@H](n2ccc(=O)[nH]c2=O)[C@@H](O)C1(C)O.CCC(C)(C)C(=O)SCCO[P+](=O)OC[C@H]1O[C@@H](n2ccc(=O)[nH]c2=O)[C@@H](O)C1(C)O.CCC(C)(C)C(=O)SCCO[P+](=O)[O-].CC[NH+](CC)CC. The molecule has 20 atom stereocenters. The fraction of sp³-hybridized carbons (Fsp3) is 0.648. The minimum absolute atomic E-state index is 0.00507. The molecule has 0 bridgehead atoms. The van der Waals surface area contributed by atoms with Crippen LogP contribution in [0.2, 0.25) is 0 Å². The largest absolute Gasteiger partial charge is 0.697 e. The Morgan fingerprint density at radius 1 is 0.446 bits per heavy atom. The molecule has 57 heteroatoms. The topological polar surface area (TPSA) is 722 Å². The van der Waals surface area contributed by atoms with E-state index in [1.165, 1.54) is 47.3 Å². The number of quaternary nitrogens is 1. The van der Waals surface area contributed by atoms with Crippen molar-refractivity contribution in [2.45, 2.75) is 253 Å². The van der Waals surface area contributed by atoms with Gasteiger partial charge in [0.15, 0.2) is 39.1 Å². The Kier molecular flexibility index (Phi) is 53.3. The zero-order chi connectivity index (χ0) is 111. The number of nitrogens with zero attached hydrogens (tertiary/aromatic N) is 3. The van der Waals surface area contributed by atoms with Crippen LogP contribution in [0.4, 0.5) is 0 Å². The van der Waals surface area contributed by atoms with Gasteiger partial charge in [0, 0.05) is 99.8 Å². The molecular weight excluding hydrogens is 2110 g/mol. The highest BCUT2D eigenvalue weighted by Gasteiger charge is 2.58. The molecule has 4 saturated heterocycles. The molecule has 4 fully saturated rings. The Morgan fingerprint density at radius 3 is 1.08 bits per heavy atom. The maximum atomic E-state index is 13.6. The molecule has 0 saturated carbocycles. The van der Waals surface area contributed by atoms with Crippen LogP contribution >= 0.6 is 79.1 Å². The smallest absolute Gasteiger partial charge is 0.566 e. The van der Waals surface area contributed by atoms with Crippen LogP contribution in [0.25, 0.3) is 0 Å². The van der Waals surface area contributed by atoms with Gasteiger partial charge in [0.1, 0.15) is 97.2 Å². The number of rotatable bonds is 47. The number of carbonyl (C=O) groups excluding carboxylic acids is 4. The van der Waals surface area contributed by atoms with Gasteiger partial charge < -0.3 is 84.8 Å². The van der Waals surface area contributed by atoms with Crippen molar-refractivity contribution in [3.63, 3.8) is 0 Å². The predicted molar refractivity (Wildman–Crippen MR) is 549 cm³/mol. The highest BCUT2D eigenvalue weighted by Crippen LogP contribution is 2.50. The first-order valence-corrected chi connectivity index (χ1v) is 56.4. The number of hydrogen-bond acceptors (Lipinski definition) is 42. The third kappa shape index (κ3) is 39.4. The summed E-state index contributed by atoms with van der Waals surface area (Å²) in [7, 11) is -13.4. The minimum Gasteiger partial charge on any atom is -0.566 e. The first-order valence-electron chi connectivity index (χ1n) is 47.2. The average Bonchev–Trinajstić information content (AvgIpc) is 1.64. The normalized spacial score (nSPS) is 24.8. The fourth-order valence-electron chi connectivity index (χ4n) is 13.2. The summed E-state index contributed by atoms with van der Waals surface area (Å²) in [5, 5.41) is 108. The summed E-state index contributed by atoms with van der Waals surface area (Å²) in [6.07, 6.45) is -10.1. The Balaban J connectivity index is 0.000000332. The van der Waals surface area contributed by atoms with Gasteiger partial charge in [0.05, 0.1) is 70.4 Å². The third-order valence-electron chi connectivity index (χ3n) is 24.7. The van der Waals surface area contributed by atoms with Gasteiger partial charge in [-0.3, -0.25) is 90.1 Å². The number of hydrogen-bond donors (Lipinski definition) is 18. The summed E-state index contributed by atoms with van der Waals surface area (Å²) in [5.74, 6) is 1.07. The lowest BCUT2D eigenvalue weighted by Gasteiger charge is -2.28. The van der Waals surface area contributed by atoms with Gasteiger partial charge >= 0.3 is 54.8 Å². The number of thioether (sulfide) groups is 4. The summed E-state index contributed by atoms with van der Waals surface area (Å²) in [6, 6.07) is 22.5. The molecule has 18 N–H and O–H groups in total. The highest BCUT2D eigenvalue weighted by molar-refractivity contribution is 8.14. The Hall–Kier alpha value is -7.10. The standard InChI is InChI=1S/C25H36N3O9PS.C24H34N3O10PS.C18H27N2O9PS.C10H14N2O6.C8H15O4PS.C6H15N/c1-5-24(2,3)22(31)39-14-13-35-38(34,26-15-17-9-7-6-8-10-17)36-16-18-25(4,33)20(30)21(37-18)28-12-11-19(29)27-23(28)32;1-23(2,15-28)21(31)39-12-11-35-38(34,25-13-16-7-5-4-6-8-16)36-14-17-24(3,33)19(30)20(37-17)27-10-9-18(29)26-22(27)32;1-5-17(2,3)15(23)31-9-8-27-30(26)28-10-11-18(4,25)13(22)14(29-11)20-7-6-12(21)19-16(20)24;1-10(17)5(3-13)18-7(8(10)15)4-2-6(14)12-9(16)11-4;1-4-8(2,3)7(9)14-6-5-12-13(10)11;1-4-7(5-2)6-3/h6-12,18,20-21,30,33H,5,13-16H2,1-4H3,(H,26,34)(H,27,29,32);4-10,17,19-20,28,30,33H,11-15H2,1-3H3,(H,25,34)(H,26,29,32);6-7,11,13-14,22,25H,5,8-10H2,1-4H3;2,5,7-8,13,15,17H,3H2,1H3,(H2,11,12,14,16);4-6H2,1-3H3;4-6H2,1-3H3/p+2/t18-,20-,21-,25?,38?;17-,19-,20-,24?,38?;11-,13-,14-,18?;5-,7+,8-,10?;;/m1111../s1. The molecule has 0 amide bonds. The van der Waals surface area contributed by atoms with Gasteiger partial charge in [-0.25, -0.2) is 38.5 Å². The Bertz CT molecular complexity index is 5630. The zero-order valence-corrected chi connectivity index (χ0v) is 92.6. The van der Waals surface area contributed by atoms with Crippen LogP contribution in [0.15, 0.2) is 142 Å². The molecule has 832 valence electrons. The van der Waals surface area contributed by atoms with Crippen molar-refractivity contribution in [3.05, 3.63) is 204 Å². The van der Waals surface area contributed by atoms with Crippen molar-refractivity contribution in [2.24, 2.45) is 21.7 Å². The molecule has 4 aliphatic rings. The Morgan fingerprint density at radius 2 is 0.777 bits per heavy atom. The quantitative estimate of drug-likeness (QED) is 0.0193. The molecule has 10 rings (SSSR count). The van der Waals surface area contributed by atoms with Gasteiger partial charge in [0.2, 0.25) is 0 Å². The number of carbonyl (C=O) groups is 4. The van der Waals surface area contributed by atoms with Crippen LogP contribution < -0.4 is 65.0 Å². The minimum atomic E-state index is -4.04. The molecule has 8 heterocycles. The van der Waals surface area contributed by atoms with Crippen molar-refractivity contribution in [2.75, 3.05) is 102 Å². The van der Waals surface area contributed by atoms with Crippen LogP contribution in [0.1, 0.15) is 185 Å². The molecular formula is C91H143N11O38P4S4+2. The zero-order valence-electron chi connectivity index (χ0n) is 85.8. The summed E-state index contributed by atoms with van der Waals surface area (Å²) in [5.41, 5.74) is -13.7. The average molecular weight is 2250 g/mol. The number of aromatic amines is 5. The summed E-state index contributed by atoms with van der Waals surface area (Å²) in [6.45, 7) is 33.8. The van der Waals surface area contributed by atoms with Crippen LogP contribution in [0, 0.1) is 21.7 Å². The van der Waals surface area contributed by atoms with E-state index < -0.39 is 209 Å². The molecule has 0 radical (unpaired) electrons. The van der Waals surface area contributed by atoms with Gasteiger partial charge in [0.25, 0.3) is 22.2 Å². The second-order valence-corrected chi connectivity index (χ2v) is 47.1. The molecule has 0 aliphatic carbocycles. The Labute approximate surface area is 872 Å². The van der Waals surface area contributed by atoms with Gasteiger partial charge in [-0.15, -0.1) is 13.6 Å². The van der Waals surface area contributed by atoms with Crippen LogP contribution in [-0.4, -0.2) is 283 Å². The van der Waals surface area contributed by atoms with Crippen molar-refractivity contribution in [1.82, 2.24) is 48.8 Å². The molecule has 2 aromatic carbocycles. The first-order chi connectivity index (χ1) is 69.1. The number of aliphatic hydroxyl groups is 10. The van der Waals surface area contributed by atoms with E-state index in [1.807, 2.05) is 114 Å². The number of aliphatic hydroxyl groups excluding tert-OH is 6. The van der Waals surface area contributed by atoms with Crippen molar-refractivity contribution in [3.8, 4) is 0 Å². The van der Waals surface area contributed by atoms with E-state index in [-0.39, 0.29) is 95.8 Å². The molecule has 148 heavy (non-hydrogen) atoms. The highest BCUT2D eigenvalue weighted by atomic mass is 32.2. The van der Waals surface area contributed by atoms with Crippen LogP contribution in [0.5, 0.6) is 0 Å². The third-order valence-corrected chi connectivity index (χ3v) is 33.7. The molecule has 8 unspecified atom stereocenters. The van der Waals surface area contributed by atoms with Crippen molar-refractivity contribution >= 4 is 99.5 Å².